The zero-order chi connectivity index (χ0) is 114. The van der Waals surface area contributed by atoms with E-state index in [-0.39, 0.29) is 102 Å². The van der Waals surface area contributed by atoms with Crippen LogP contribution in [-0.4, -0.2) is 138 Å². The van der Waals surface area contributed by atoms with Crippen LogP contribution < -0.4 is 110 Å². The molecule has 1 aliphatic rings. The van der Waals surface area contributed by atoms with Crippen molar-refractivity contribution in [3.8, 4) is 40.2 Å². The second-order valence-electron chi connectivity index (χ2n) is 32.8. The van der Waals surface area contributed by atoms with Gasteiger partial charge in [0, 0.05) is 77.8 Å². The van der Waals surface area contributed by atoms with Crippen molar-refractivity contribution in [2.24, 2.45) is 17.3 Å². The highest BCUT2D eigenvalue weighted by atomic mass is 16.7. The van der Waals surface area contributed by atoms with Gasteiger partial charge in [-0.3, -0.25) is 0 Å². The standard InChI is InChI=1S/C15H22O3.C14H12O3.C10H12O5.C10H12O2.C9H10O2.C9H18O2.C8H6O4.C8H8O2.2C5H10O2.2C4H8O2.C3H6O3.C3H6O2.C2H4O2/c1-2-3-4-5-6-7-12-18-14-10-8-13(9-11-14)15(16)17;15-14(16)12-6-8-13(9-7-12)17-10-11-4-2-1-3-5-11;1-13-7-4-6(10(11)12)5-8(14-2)9(7)15-3;1-7(2)8-3-5-9(6-4-8)10(11)12;1-6-3-7(2)5-8(4-6)9(10)11;1-2-3-4-5-6-7-8-9(10)11;9-8(10)5-1-2-6-7(3-5)12-4-11-6;9-8(10)6-7-4-2-1-3-5-7;1-5(2,3)4(6)7;1-4(2)3-5(6)7;1-3(2)4(5)6;1-2-3-4(5)6;1-6-2-3(4)5;1-2-3(4)5;1-2(3)4/h8-11H,2-7,12H2,1H3,(H,16,17);1-9H,10H2,(H,15,16);4-5H,1-3H3,(H,11,12);3-7H,1-2H3,(H,11,12);3-5H,1-2H3,(H,10,11);2-8H2,1H3,(H,10,11);1-3H,4H2,(H,9,10);1-5H,6H2,(H,9,10);1-3H3,(H,6,7);4H,3H2,1-2H3,(H,6,7);3H,1-2H3,(H,5,6);2-3H2,1H3,(H,5,6);2H2,1H3,(H,4,5);2H2,1H3,(H,4,5);1H3,(H,3,4)/p-15. The molecule has 0 saturated heterocycles. The molecule has 9 rings (SSSR count). The molecule has 816 valence electrons. The van der Waals surface area contributed by atoms with Crippen LogP contribution in [0.5, 0.6) is 40.2 Å². The number of fused-ring (bicyclic) bond motifs is 1. The molecular weight excluding hydrogens is 1920 g/mol. The summed E-state index contributed by atoms with van der Waals surface area (Å²) in [4.78, 5) is 149. The van der Waals surface area contributed by atoms with Crippen molar-refractivity contribution in [1.82, 2.24) is 0 Å². The number of ether oxygens (including phenoxy) is 8. The van der Waals surface area contributed by atoms with Crippen LogP contribution in [0.3, 0.4) is 0 Å². The third kappa shape index (κ3) is 84.6. The number of rotatable bonds is 38. The van der Waals surface area contributed by atoms with Gasteiger partial charge in [0.25, 0.3) is 0 Å². The monoisotopic (exact) mass is 2050 g/mol. The Morgan fingerprint density at radius 1 is 0.367 bits per heavy atom. The van der Waals surface area contributed by atoms with Crippen LogP contribution in [0.1, 0.15) is 302 Å². The van der Waals surface area contributed by atoms with Crippen LogP contribution in [0.15, 0.2) is 182 Å². The number of carbonyl (C=O) groups excluding carboxylic acids is 15. The number of unbranched alkanes of at least 4 members (excludes halogenated alkanes) is 10. The Morgan fingerprint density at radius 3 is 1.03 bits per heavy atom. The van der Waals surface area contributed by atoms with Crippen molar-refractivity contribution in [3.63, 3.8) is 0 Å². The Bertz CT molecular complexity index is 5000. The number of benzene rings is 8. The number of aryl methyl sites for hydroxylation is 2. The summed E-state index contributed by atoms with van der Waals surface area (Å²) in [7, 11) is 5.57. The van der Waals surface area contributed by atoms with Crippen molar-refractivity contribution in [3.05, 3.63) is 243 Å². The largest absolute Gasteiger partial charge is 0.550 e. The van der Waals surface area contributed by atoms with Gasteiger partial charge in [0.05, 0.1) is 76.3 Å². The van der Waals surface area contributed by atoms with Gasteiger partial charge in [-0.1, -0.05) is 275 Å². The van der Waals surface area contributed by atoms with Crippen LogP contribution in [0.4, 0.5) is 0 Å². The van der Waals surface area contributed by atoms with Gasteiger partial charge in [0.15, 0.2) is 23.0 Å². The fourth-order valence-electron chi connectivity index (χ4n) is 9.97. The molecule has 8 aromatic rings. The molecule has 0 bridgehead atoms. The summed E-state index contributed by atoms with van der Waals surface area (Å²) in [5, 5.41) is 149. The van der Waals surface area contributed by atoms with E-state index >= 15 is 0 Å². The molecular formula is C109H137O38-15. The van der Waals surface area contributed by atoms with Crippen LogP contribution in [-0.2, 0) is 60.9 Å². The highest BCUT2D eigenvalue weighted by Crippen LogP contribution is 2.38. The maximum Gasteiger partial charge on any atom is 0.231 e. The van der Waals surface area contributed by atoms with Gasteiger partial charge in [0.1, 0.15) is 18.1 Å². The van der Waals surface area contributed by atoms with Gasteiger partial charge in [-0.2, -0.15) is 0 Å². The number of methoxy groups -OCH3 is 4. The topological polar surface area (TPSA) is 676 Å². The fourth-order valence-corrected chi connectivity index (χ4v) is 9.97. The minimum atomic E-state index is -1.30. The molecule has 0 spiro atoms. The Balaban J connectivity index is -0.000000369. The molecule has 0 aliphatic carbocycles. The second-order valence-corrected chi connectivity index (χ2v) is 32.8. The van der Waals surface area contributed by atoms with Crippen molar-refractivity contribution < 1.29 is 186 Å². The van der Waals surface area contributed by atoms with Crippen LogP contribution in [0, 0.1) is 31.1 Å². The summed E-state index contributed by atoms with van der Waals surface area (Å²) in [5.41, 5.74) is 5.08. The fraction of sp³-hybridized carbons (Fsp3) is 0.422. The summed E-state index contributed by atoms with van der Waals surface area (Å²) in [6.07, 6.45) is 15.5. The van der Waals surface area contributed by atoms with Gasteiger partial charge in [-0.15, -0.1) is 0 Å². The summed E-state index contributed by atoms with van der Waals surface area (Å²) in [6, 6.07) is 50.1. The Morgan fingerprint density at radius 2 is 0.728 bits per heavy atom. The Hall–Kier alpha value is -15.6. The van der Waals surface area contributed by atoms with Crippen LogP contribution >= 0.6 is 0 Å². The van der Waals surface area contributed by atoms with Crippen molar-refractivity contribution >= 4 is 89.5 Å². The summed E-state index contributed by atoms with van der Waals surface area (Å²) in [6.45, 7) is 29.2. The van der Waals surface area contributed by atoms with E-state index in [2.05, 4.69) is 32.4 Å². The van der Waals surface area contributed by atoms with Gasteiger partial charge >= 0.3 is 0 Å². The van der Waals surface area contributed by atoms with Gasteiger partial charge in [-0.25, -0.2) is 0 Å². The number of hydrogen-bond acceptors (Lipinski definition) is 38. The molecule has 0 aromatic heterocycles. The minimum Gasteiger partial charge on any atom is -0.550 e. The first-order chi connectivity index (χ1) is 68.9. The first-order valence-electron chi connectivity index (χ1n) is 46.4. The van der Waals surface area contributed by atoms with Gasteiger partial charge in [-0.05, 0) is 195 Å². The molecule has 0 radical (unpaired) electrons. The molecule has 147 heavy (non-hydrogen) atoms. The number of aromatic carboxylic acids is 6. The van der Waals surface area contributed by atoms with E-state index in [0.717, 1.165) is 54.0 Å². The Labute approximate surface area is 859 Å². The molecule has 38 heteroatoms. The van der Waals surface area contributed by atoms with Gasteiger partial charge < -0.3 is 186 Å². The quantitative estimate of drug-likeness (QED) is 0.0501. The molecule has 0 saturated carbocycles. The lowest BCUT2D eigenvalue weighted by molar-refractivity contribution is -0.317. The van der Waals surface area contributed by atoms with Crippen molar-refractivity contribution in [1.29, 1.82) is 0 Å². The predicted molar refractivity (Wildman–Crippen MR) is 513 cm³/mol. The lowest BCUT2D eigenvalue weighted by Gasteiger charge is -2.18. The highest BCUT2D eigenvalue weighted by Gasteiger charge is 2.15. The van der Waals surface area contributed by atoms with E-state index in [4.69, 9.17) is 43.1 Å². The lowest BCUT2D eigenvalue weighted by Crippen LogP contribution is -2.35. The molecule has 0 N–H and O–H groups in total. The number of aliphatic carboxylic acids is 9. The number of hydrogen-bond donors (Lipinski definition) is 0. The average molecular weight is 2060 g/mol. The summed E-state index contributed by atoms with van der Waals surface area (Å²) >= 11 is 0. The first-order valence-corrected chi connectivity index (χ1v) is 46.4. The predicted octanol–water partition coefficient (Wildman–Crippen LogP) is 2.36. The van der Waals surface area contributed by atoms with Crippen LogP contribution in [0.2, 0.25) is 0 Å². The third-order valence-corrected chi connectivity index (χ3v) is 17.6. The number of carbonyl (C=O) groups is 15. The van der Waals surface area contributed by atoms with Crippen molar-refractivity contribution in [2.75, 3.05) is 48.4 Å². The summed E-state index contributed by atoms with van der Waals surface area (Å²) in [5.74, 6) is -12.6. The first kappa shape index (κ1) is 142. The molecule has 38 nitrogen and oxygen atoms in total. The average Bonchev–Trinajstić information content (AvgIpc) is 1.07. The maximum atomic E-state index is 10.7. The smallest absolute Gasteiger partial charge is 0.231 e. The van der Waals surface area contributed by atoms with E-state index in [0.29, 0.717) is 54.3 Å². The van der Waals surface area contributed by atoms with E-state index in [1.807, 2.05) is 82.3 Å². The second kappa shape index (κ2) is 87.0. The third-order valence-electron chi connectivity index (χ3n) is 17.6. The lowest BCUT2D eigenvalue weighted by atomic mass is 9.98. The van der Waals surface area contributed by atoms with E-state index in [9.17, 15) is 139 Å². The SMILES string of the molecule is CC(=O)[O-].CC(C)(C)C(=O)[O-].CC(C)C(=O)[O-].CC(C)CC(=O)[O-].CC(C)c1ccc(C(=O)[O-])cc1.CCC(=O)[O-].CCCC(=O)[O-].CCCCCCCCC(=O)[O-].CCCCCCCCOc1ccc(C(=O)[O-])cc1.COCC(=O)[O-].COc1cc(C(=O)[O-])cc(OC)c1OC.Cc1cc(C)cc(C(=O)[O-])c1.O=C([O-])Cc1ccccc1.O=C([O-])c1ccc(OCc2ccccc2)cc1.O=C([O-])c1ccc2c(c1)OCO2. The van der Waals surface area contributed by atoms with Crippen molar-refractivity contribution in [2.45, 2.75) is 239 Å². The molecule has 0 atom stereocenters. The maximum absolute atomic E-state index is 10.7. The van der Waals surface area contributed by atoms with Gasteiger partial charge in [0.2, 0.25) is 12.5 Å². The molecule has 1 heterocycles. The number of carboxylic acids is 15. The van der Waals surface area contributed by atoms with E-state index in [1.54, 1.807) is 120 Å². The zero-order valence-electron chi connectivity index (χ0n) is 87.1. The zero-order valence-corrected chi connectivity index (χ0v) is 87.1. The molecule has 1 aliphatic heterocycles. The van der Waals surface area contributed by atoms with E-state index < -0.39 is 95.0 Å². The molecule has 0 unspecified atom stereocenters. The molecule has 0 amide bonds. The Kier molecular flexibility index (Phi) is 84.1. The highest BCUT2D eigenvalue weighted by molar-refractivity contribution is 5.89. The van der Waals surface area contributed by atoms with E-state index in [1.165, 1.54) is 142 Å². The normalized spacial score (nSPS) is 9.82. The minimum absolute atomic E-state index is 0.000833. The molecule has 0 fully saturated rings. The summed E-state index contributed by atoms with van der Waals surface area (Å²) < 4.78 is 40.1. The molecule has 8 aromatic carbocycles. The van der Waals surface area contributed by atoms with Crippen LogP contribution in [0.25, 0.3) is 0 Å². The number of carboxylic acid groups (broad SMARTS) is 15.